The largest absolute Gasteiger partial charge is 0.395 e. The standard InChI is InChI=1S/C12H14N2O/c1-9-4-6-14-12(7-9)10(8-15)11-3-2-5-13-11/h2-7,10,13,15H,8H2,1H3. The lowest BCUT2D eigenvalue weighted by Crippen LogP contribution is -2.08. The van der Waals surface area contributed by atoms with E-state index in [9.17, 15) is 5.11 Å². The monoisotopic (exact) mass is 202 g/mol. The molecular weight excluding hydrogens is 188 g/mol. The van der Waals surface area contributed by atoms with E-state index in [2.05, 4.69) is 9.97 Å². The molecule has 1 atom stereocenters. The molecule has 0 spiro atoms. The lowest BCUT2D eigenvalue weighted by atomic mass is 10.0. The fourth-order valence-corrected chi connectivity index (χ4v) is 1.66. The predicted octanol–water partition coefficient (Wildman–Crippen LogP) is 1.84. The number of aromatic amines is 1. The van der Waals surface area contributed by atoms with Crippen LogP contribution in [-0.4, -0.2) is 21.7 Å². The van der Waals surface area contributed by atoms with Crippen LogP contribution in [0.25, 0.3) is 0 Å². The molecule has 0 aromatic carbocycles. The van der Waals surface area contributed by atoms with Gasteiger partial charge in [0.2, 0.25) is 0 Å². The van der Waals surface area contributed by atoms with Gasteiger partial charge in [-0.3, -0.25) is 4.98 Å². The molecule has 2 heterocycles. The van der Waals surface area contributed by atoms with Gasteiger partial charge in [-0.15, -0.1) is 0 Å². The summed E-state index contributed by atoms with van der Waals surface area (Å²) in [5.41, 5.74) is 3.06. The van der Waals surface area contributed by atoms with Gasteiger partial charge in [0.1, 0.15) is 0 Å². The van der Waals surface area contributed by atoms with E-state index in [4.69, 9.17) is 0 Å². The van der Waals surface area contributed by atoms with Gasteiger partial charge >= 0.3 is 0 Å². The summed E-state index contributed by atoms with van der Waals surface area (Å²) in [4.78, 5) is 7.39. The lowest BCUT2D eigenvalue weighted by Gasteiger charge is -2.12. The van der Waals surface area contributed by atoms with Crippen molar-refractivity contribution in [3.05, 3.63) is 53.6 Å². The van der Waals surface area contributed by atoms with Crippen molar-refractivity contribution >= 4 is 0 Å². The van der Waals surface area contributed by atoms with Gasteiger partial charge in [0.25, 0.3) is 0 Å². The molecule has 0 amide bonds. The first-order valence-electron chi connectivity index (χ1n) is 4.98. The Morgan fingerprint density at radius 1 is 1.47 bits per heavy atom. The molecule has 0 fully saturated rings. The molecule has 2 N–H and O–H groups in total. The van der Waals surface area contributed by atoms with Gasteiger partial charge in [-0.1, -0.05) is 0 Å². The Hall–Kier alpha value is -1.61. The van der Waals surface area contributed by atoms with Gasteiger partial charge in [-0.25, -0.2) is 0 Å². The number of nitrogens with zero attached hydrogens (tertiary/aromatic N) is 1. The molecule has 2 aromatic heterocycles. The molecule has 0 bridgehead atoms. The molecule has 0 radical (unpaired) electrons. The van der Waals surface area contributed by atoms with Crippen molar-refractivity contribution in [2.45, 2.75) is 12.8 Å². The molecule has 0 saturated heterocycles. The molecule has 3 nitrogen and oxygen atoms in total. The number of aryl methyl sites for hydroxylation is 1. The number of aliphatic hydroxyl groups excluding tert-OH is 1. The van der Waals surface area contributed by atoms with E-state index in [1.807, 2.05) is 37.4 Å². The number of hydrogen-bond donors (Lipinski definition) is 2. The molecule has 0 aliphatic rings. The quantitative estimate of drug-likeness (QED) is 0.797. The zero-order chi connectivity index (χ0) is 10.7. The number of rotatable bonds is 3. The van der Waals surface area contributed by atoms with Crippen molar-refractivity contribution in [3.8, 4) is 0 Å². The fourth-order valence-electron chi connectivity index (χ4n) is 1.66. The maximum atomic E-state index is 9.38. The molecule has 15 heavy (non-hydrogen) atoms. The SMILES string of the molecule is Cc1ccnc(C(CO)c2ccc[nH]2)c1. The number of pyridine rings is 1. The minimum Gasteiger partial charge on any atom is -0.395 e. The molecule has 3 heteroatoms. The molecule has 0 saturated carbocycles. The lowest BCUT2D eigenvalue weighted by molar-refractivity contribution is 0.277. The Balaban J connectivity index is 2.35. The summed E-state index contributed by atoms with van der Waals surface area (Å²) in [6.45, 7) is 2.09. The van der Waals surface area contributed by atoms with Gasteiger partial charge in [-0.05, 0) is 36.8 Å². The maximum Gasteiger partial charge on any atom is 0.0645 e. The maximum absolute atomic E-state index is 9.38. The first kappa shape index (κ1) is 9.93. The highest BCUT2D eigenvalue weighted by atomic mass is 16.3. The summed E-state index contributed by atoms with van der Waals surface area (Å²) in [5.74, 6) is -0.0556. The number of nitrogens with one attached hydrogen (secondary N) is 1. The highest BCUT2D eigenvalue weighted by Crippen LogP contribution is 2.21. The third-order valence-corrected chi connectivity index (χ3v) is 2.47. The van der Waals surface area contributed by atoms with Gasteiger partial charge < -0.3 is 10.1 Å². The van der Waals surface area contributed by atoms with Crippen LogP contribution in [0.5, 0.6) is 0 Å². The Labute approximate surface area is 88.8 Å². The first-order valence-corrected chi connectivity index (χ1v) is 4.98. The Kier molecular flexibility index (Phi) is 2.83. The van der Waals surface area contributed by atoms with Crippen LogP contribution in [0, 0.1) is 6.92 Å². The first-order chi connectivity index (χ1) is 7.31. The Morgan fingerprint density at radius 3 is 2.93 bits per heavy atom. The van der Waals surface area contributed by atoms with E-state index in [1.165, 1.54) is 0 Å². The second kappa shape index (κ2) is 4.28. The molecular formula is C12H14N2O. The van der Waals surface area contributed by atoms with Crippen molar-refractivity contribution in [1.29, 1.82) is 0 Å². The minimum absolute atomic E-state index is 0.0556. The fraction of sp³-hybridized carbons (Fsp3) is 0.250. The number of aromatic nitrogens is 2. The van der Waals surface area contributed by atoms with E-state index >= 15 is 0 Å². The summed E-state index contributed by atoms with van der Waals surface area (Å²) in [7, 11) is 0. The topological polar surface area (TPSA) is 48.9 Å². The van der Waals surface area contributed by atoms with E-state index in [0.29, 0.717) is 0 Å². The third-order valence-electron chi connectivity index (χ3n) is 2.47. The zero-order valence-electron chi connectivity index (χ0n) is 8.64. The molecule has 78 valence electrons. The molecule has 2 aromatic rings. The average molecular weight is 202 g/mol. The predicted molar refractivity (Wildman–Crippen MR) is 58.7 cm³/mol. The number of aliphatic hydroxyl groups is 1. The van der Waals surface area contributed by atoms with Gasteiger partial charge in [0.05, 0.1) is 18.2 Å². The average Bonchev–Trinajstić information content (AvgIpc) is 2.72. The summed E-state index contributed by atoms with van der Waals surface area (Å²) in [5, 5.41) is 9.38. The summed E-state index contributed by atoms with van der Waals surface area (Å²) in [6, 6.07) is 7.84. The third kappa shape index (κ3) is 2.07. The van der Waals surface area contributed by atoms with Crippen LogP contribution in [0.15, 0.2) is 36.7 Å². The van der Waals surface area contributed by atoms with E-state index in [1.54, 1.807) is 6.20 Å². The van der Waals surface area contributed by atoms with E-state index in [0.717, 1.165) is 17.0 Å². The highest BCUT2D eigenvalue weighted by molar-refractivity contribution is 5.26. The van der Waals surface area contributed by atoms with Crippen molar-refractivity contribution in [2.24, 2.45) is 0 Å². The van der Waals surface area contributed by atoms with Crippen LogP contribution in [0.2, 0.25) is 0 Å². The van der Waals surface area contributed by atoms with E-state index < -0.39 is 0 Å². The van der Waals surface area contributed by atoms with Crippen LogP contribution in [0.4, 0.5) is 0 Å². The summed E-state index contributed by atoms with van der Waals surface area (Å²) < 4.78 is 0. The Morgan fingerprint density at radius 2 is 2.33 bits per heavy atom. The smallest absolute Gasteiger partial charge is 0.0645 e. The second-order valence-electron chi connectivity index (χ2n) is 3.62. The van der Waals surface area contributed by atoms with Crippen LogP contribution in [0.1, 0.15) is 22.9 Å². The zero-order valence-corrected chi connectivity index (χ0v) is 8.64. The van der Waals surface area contributed by atoms with Crippen LogP contribution >= 0.6 is 0 Å². The number of H-pyrrole nitrogens is 1. The van der Waals surface area contributed by atoms with Gasteiger partial charge in [0, 0.05) is 18.1 Å². The molecule has 0 aliphatic carbocycles. The van der Waals surface area contributed by atoms with Crippen LogP contribution in [-0.2, 0) is 0 Å². The van der Waals surface area contributed by atoms with Gasteiger partial charge in [0.15, 0.2) is 0 Å². The van der Waals surface area contributed by atoms with Gasteiger partial charge in [-0.2, -0.15) is 0 Å². The number of hydrogen-bond acceptors (Lipinski definition) is 2. The van der Waals surface area contributed by atoms with Crippen molar-refractivity contribution in [2.75, 3.05) is 6.61 Å². The minimum atomic E-state index is -0.0556. The van der Waals surface area contributed by atoms with E-state index in [-0.39, 0.29) is 12.5 Å². The highest BCUT2D eigenvalue weighted by Gasteiger charge is 2.14. The van der Waals surface area contributed by atoms with Crippen molar-refractivity contribution in [3.63, 3.8) is 0 Å². The summed E-state index contributed by atoms with van der Waals surface area (Å²) in [6.07, 6.45) is 3.63. The van der Waals surface area contributed by atoms with Crippen LogP contribution in [0.3, 0.4) is 0 Å². The molecule has 2 rings (SSSR count). The van der Waals surface area contributed by atoms with Crippen molar-refractivity contribution < 1.29 is 5.11 Å². The Bertz CT molecular complexity index is 423. The summed E-state index contributed by atoms with van der Waals surface area (Å²) >= 11 is 0. The normalized spacial score (nSPS) is 12.7. The second-order valence-corrected chi connectivity index (χ2v) is 3.62. The van der Waals surface area contributed by atoms with Crippen molar-refractivity contribution in [1.82, 2.24) is 9.97 Å². The molecule has 0 aliphatic heterocycles. The molecule has 1 unspecified atom stereocenters. The van der Waals surface area contributed by atoms with Crippen LogP contribution < -0.4 is 0 Å².